The van der Waals surface area contributed by atoms with E-state index in [0.717, 1.165) is 96.7 Å². The topological polar surface area (TPSA) is 288 Å². The Morgan fingerprint density at radius 1 is 0.413 bits per heavy atom. The lowest BCUT2D eigenvalue weighted by Crippen LogP contribution is -2.44. The Balaban J connectivity index is -0.0000000471. The number of hydrogen-bond acceptors (Lipinski definition) is 13. The number of furan rings is 1. The summed E-state index contributed by atoms with van der Waals surface area (Å²) in [6.45, 7) is 45.3. The maximum Gasteiger partial charge on any atom is 0.311 e. The minimum absolute atomic E-state index is 0. The first-order valence-corrected chi connectivity index (χ1v) is 38.5. The van der Waals surface area contributed by atoms with Gasteiger partial charge < -0.3 is 48.9 Å². The largest absolute Gasteiger partial charge is 0.481 e. The van der Waals surface area contributed by atoms with Gasteiger partial charge in [-0.15, -0.1) is 0 Å². The standard InChI is InChI=1S/C11H16O2.C11H18.C9H14.2C7H14O2.4C6H12O2.C5H10O2.C5H10O.C5H6O.19CH4/c12-11(13)8-4-9-6-1-2-7(3-6)10(9)5-8;1-11-5-8-2-9(6-11)4-10(3-8)7-11;1-2-5-9-7-3-6-8(9)4-1;2*1-5-7(2,3)6(8)9-4;1-6(2,3)5(7)8-4;3*1-4-6(2,3)5(7)8;1-5(2,3)4(6)7;2*1-5-3-2-4-6-5;;;;;;;;;;;;;;;;;;;/h6-10H,1-5H2,(H,12,13);8-10H,2-7H2,1H3;3,6,8-9H,1-2,4-5,7H2;2*5H2,1-4H3;1-4H3;3*4H2,1-3H3,(H,7,8);1-3H3,(H,6,7);5H,2-4H2,1H3;2-4H,1H3;19*1H4. The first-order valence-electron chi connectivity index (χ1n) is 38.5. The Morgan fingerprint density at radius 3 is 0.893 bits per heavy atom. The fourth-order valence-electron chi connectivity index (χ4n) is 13.7. The molecule has 0 aromatic carbocycles. The predicted molar refractivity (Wildman–Crippen MR) is 535 cm³/mol. The molecule has 1 aliphatic heterocycles. The Hall–Kier alpha value is -5.26. The molecule has 1 saturated heterocycles. The molecule has 7 unspecified atom stereocenters. The van der Waals surface area contributed by atoms with Crippen molar-refractivity contribution in [3.63, 3.8) is 0 Å². The normalized spacial score (nSPS) is 21.6. The third-order valence-electron chi connectivity index (χ3n) is 22.8. The minimum Gasteiger partial charge on any atom is -0.481 e. The van der Waals surface area contributed by atoms with Gasteiger partial charge in [-0.25, -0.2) is 0 Å². The predicted octanol–water partition coefficient (Wildman–Crippen LogP) is 33.0. The number of carbonyl (C=O) groups excluding carboxylic acids is 3. The first-order chi connectivity index (χ1) is 46.8. The smallest absolute Gasteiger partial charge is 0.311 e. The third-order valence-corrected chi connectivity index (χ3v) is 22.8. The lowest BCUT2D eigenvalue weighted by Gasteiger charge is -2.55. The number of carbonyl (C=O) groups is 8. The molecular formula is C103H226O18. The molecule has 0 amide bonds. The fourth-order valence-corrected chi connectivity index (χ4v) is 13.7. The maximum absolute atomic E-state index is 10.9. The lowest BCUT2D eigenvalue weighted by atomic mass is 9.50. The van der Waals surface area contributed by atoms with Crippen LogP contribution < -0.4 is 0 Å². The number of methoxy groups -OCH3 is 3. The molecule has 8 saturated carbocycles. The number of aliphatic carboxylic acids is 5. The summed E-state index contributed by atoms with van der Waals surface area (Å²) in [5.74, 6) is 5.92. The number of ether oxygens (including phenoxy) is 4. The van der Waals surface area contributed by atoms with Crippen molar-refractivity contribution in [2.24, 2.45) is 102 Å². The van der Waals surface area contributed by atoms with Gasteiger partial charge in [0, 0.05) is 6.61 Å². The van der Waals surface area contributed by atoms with Crippen LogP contribution in [0.3, 0.4) is 0 Å². The zero-order valence-corrected chi connectivity index (χ0v) is 69.3. The average molecular weight is 1750 g/mol. The Kier molecular flexibility index (Phi) is 111. The second kappa shape index (κ2) is 79.4. The SMILES string of the molecule is C.C.C.C.C.C.C.C.C.C.C.C.C.C.C.C.C.C.C.C1=CC2CCCCC2C1.CC(C)(C)C(=O)O.CC12CC3CC(CC(C3)C1)C2.CC1CCCO1.CCC(C)(C)C(=O)O.CCC(C)(C)C(=O)O.CCC(C)(C)C(=O)O.CCC(C)(C)C(=O)OC.CCC(C)(C)C(=O)OC.COC(=O)C(C)(C)C.Cc1ccco1.O=C(O)C1CC2C3CCC(C3)C2C1. The van der Waals surface area contributed by atoms with E-state index in [1.807, 2.05) is 102 Å². The Bertz CT molecular complexity index is 2480. The van der Waals surface area contributed by atoms with Crippen molar-refractivity contribution in [3.8, 4) is 0 Å². The highest BCUT2D eigenvalue weighted by Gasteiger charge is 2.53. The van der Waals surface area contributed by atoms with Crippen LogP contribution >= 0.6 is 0 Å². The number of esters is 3. The van der Waals surface area contributed by atoms with Crippen LogP contribution in [-0.2, 0) is 57.3 Å². The Labute approximate surface area is 759 Å². The summed E-state index contributed by atoms with van der Waals surface area (Å²) in [4.78, 5) is 83.9. The summed E-state index contributed by atoms with van der Waals surface area (Å²) in [6, 6.07) is 3.79. The second-order valence-electron chi connectivity index (χ2n) is 35.7. The number of aryl methyl sites for hydroxylation is 1. The number of fused-ring (bicyclic) bond motifs is 6. The van der Waals surface area contributed by atoms with E-state index in [1.54, 1.807) is 107 Å². The summed E-state index contributed by atoms with van der Waals surface area (Å²) < 4.78 is 23.6. The van der Waals surface area contributed by atoms with Gasteiger partial charge in [0.15, 0.2) is 0 Å². The van der Waals surface area contributed by atoms with Crippen molar-refractivity contribution in [3.05, 3.63) is 36.3 Å². The van der Waals surface area contributed by atoms with E-state index in [1.165, 1.54) is 85.5 Å². The molecule has 0 spiro atoms. The minimum atomic E-state index is -0.757. The zero-order chi connectivity index (χ0) is 79.6. The number of carboxylic acid groups (broad SMARTS) is 5. The van der Waals surface area contributed by atoms with Gasteiger partial charge in [-0.05, 0) is 330 Å². The van der Waals surface area contributed by atoms with E-state index in [-0.39, 0.29) is 181 Å². The van der Waals surface area contributed by atoms with Gasteiger partial charge in [-0.3, -0.25) is 38.4 Å². The van der Waals surface area contributed by atoms with Crippen LogP contribution in [0.5, 0.6) is 0 Å². The second-order valence-corrected chi connectivity index (χ2v) is 35.7. The quantitative estimate of drug-likeness (QED) is 0.0781. The van der Waals surface area contributed by atoms with Gasteiger partial charge in [0.2, 0.25) is 0 Å². The average Bonchev–Trinajstić information content (AvgIpc) is 1.73. The molecule has 9 aliphatic carbocycles. The summed E-state index contributed by atoms with van der Waals surface area (Å²) in [5, 5.41) is 42.5. The third kappa shape index (κ3) is 65.9. The van der Waals surface area contributed by atoms with Gasteiger partial charge in [-0.2, -0.15) is 0 Å². The van der Waals surface area contributed by atoms with Gasteiger partial charge in [-0.1, -0.05) is 208 Å². The molecule has 1 aromatic heterocycles. The van der Waals surface area contributed by atoms with Gasteiger partial charge in [0.05, 0.1) is 77.5 Å². The molecule has 0 radical (unpaired) electrons. The van der Waals surface area contributed by atoms with E-state index in [0.29, 0.717) is 25.4 Å². The van der Waals surface area contributed by atoms with Crippen LogP contribution in [0.15, 0.2) is 35.0 Å². The highest BCUT2D eigenvalue weighted by Crippen LogP contribution is 2.61. The molecule has 746 valence electrons. The molecular weight excluding hydrogens is 1530 g/mol. The van der Waals surface area contributed by atoms with Gasteiger partial charge in [0.25, 0.3) is 0 Å². The maximum atomic E-state index is 10.9. The molecule has 1 aromatic rings. The Morgan fingerprint density at radius 2 is 0.727 bits per heavy atom. The van der Waals surface area contributed by atoms with Crippen LogP contribution in [-0.4, -0.2) is 107 Å². The van der Waals surface area contributed by atoms with Crippen molar-refractivity contribution in [1.82, 2.24) is 0 Å². The molecule has 9 fully saturated rings. The van der Waals surface area contributed by atoms with Crippen molar-refractivity contribution >= 4 is 47.8 Å². The highest BCUT2D eigenvalue weighted by atomic mass is 16.5. The van der Waals surface area contributed by atoms with Gasteiger partial charge in [0.1, 0.15) is 5.76 Å². The van der Waals surface area contributed by atoms with E-state index in [2.05, 4.69) is 40.2 Å². The molecule has 121 heavy (non-hydrogen) atoms. The summed E-state index contributed by atoms with van der Waals surface area (Å²) in [7, 11) is 4.23. The molecule has 18 nitrogen and oxygen atoms in total. The van der Waals surface area contributed by atoms with Crippen LogP contribution in [0.2, 0.25) is 0 Å². The van der Waals surface area contributed by atoms with E-state index in [9.17, 15) is 38.4 Å². The summed E-state index contributed by atoms with van der Waals surface area (Å²) in [5.41, 5.74) is -2.38. The van der Waals surface area contributed by atoms with Crippen LogP contribution in [0.4, 0.5) is 0 Å². The van der Waals surface area contributed by atoms with Crippen LogP contribution in [0.1, 0.15) is 454 Å². The molecule has 2 heterocycles. The number of allylic oxidation sites excluding steroid dienone is 2. The molecule has 5 N–H and O–H groups in total. The fraction of sp³-hybridized carbons (Fsp3) is 0.864. The van der Waals surface area contributed by atoms with E-state index < -0.39 is 51.5 Å². The molecule has 18 heteroatoms. The van der Waals surface area contributed by atoms with E-state index >= 15 is 0 Å². The van der Waals surface area contributed by atoms with Crippen molar-refractivity contribution in [2.45, 2.75) is 461 Å². The number of rotatable bonds is 11. The van der Waals surface area contributed by atoms with Crippen molar-refractivity contribution < 1.29 is 87.3 Å². The van der Waals surface area contributed by atoms with Crippen molar-refractivity contribution in [1.29, 1.82) is 0 Å². The van der Waals surface area contributed by atoms with Crippen LogP contribution in [0.25, 0.3) is 0 Å². The highest BCUT2D eigenvalue weighted by molar-refractivity contribution is 5.77. The van der Waals surface area contributed by atoms with Crippen molar-refractivity contribution in [2.75, 3.05) is 27.9 Å². The molecule has 6 bridgehead atoms. The van der Waals surface area contributed by atoms with Crippen LogP contribution in [0, 0.1) is 109 Å². The first kappa shape index (κ1) is 170. The monoisotopic (exact) mass is 1750 g/mol. The number of carboxylic acids is 5. The summed E-state index contributed by atoms with van der Waals surface area (Å²) >= 11 is 0. The molecule has 7 atom stereocenters. The zero-order valence-electron chi connectivity index (χ0n) is 69.3. The number of hydrogen-bond donors (Lipinski definition) is 5. The summed E-state index contributed by atoms with van der Waals surface area (Å²) in [6.07, 6.45) is 36.2. The van der Waals surface area contributed by atoms with E-state index in [4.69, 9.17) is 34.7 Å². The molecule has 10 aliphatic rings. The van der Waals surface area contributed by atoms with Gasteiger partial charge >= 0.3 is 47.8 Å². The lowest BCUT2D eigenvalue weighted by molar-refractivity contribution is -0.151. The molecule has 11 rings (SSSR count).